The van der Waals surface area contributed by atoms with Crippen molar-refractivity contribution >= 4 is 5.82 Å². The molecular weight excluding hydrogens is 244 g/mol. The SMILES string of the molecule is CNc1cc(Oc2ccc(CO)cc2OC)ccn1. The van der Waals surface area contributed by atoms with Crippen molar-refractivity contribution in [3.05, 3.63) is 42.1 Å². The molecule has 0 spiro atoms. The fraction of sp³-hybridized carbons (Fsp3) is 0.214. The van der Waals surface area contributed by atoms with Gasteiger partial charge in [-0.1, -0.05) is 6.07 Å². The molecule has 0 fully saturated rings. The van der Waals surface area contributed by atoms with Crippen LogP contribution in [0, 0.1) is 0 Å². The molecule has 0 aliphatic carbocycles. The summed E-state index contributed by atoms with van der Waals surface area (Å²) >= 11 is 0. The van der Waals surface area contributed by atoms with Gasteiger partial charge in [0, 0.05) is 19.3 Å². The van der Waals surface area contributed by atoms with Crippen LogP contribution in [0.5, 0.6) is 17.2 Å². The first kappa shape index (κ1) is 13.2. The highest BCUT2D eigenvalue weighted by Gasteiger charge is 2.07. The molecule has 19 heavy (non-hydrogen) atoms. The van der Waals surface area contributed by atoms with E-state index >= 15 is 0 Å². The summed E-state index contributed by atoms with van der Waals surface area (Å²) in [5.74, 6) is 2.56. The van der Waals surface area contributed by atoms with Crippen molar-refractivity contribution in [3.63, 3.8) is 0 Å². The lowest BCUT2D eigenvalue weighted by Gasteiger charge is -2.11. The Morgan fingerprint density at radius 1 is 1.21 bits per heavy atom. The van der Waals surface area contributed by atoms with Crippen LogP contribution in [0.4, 0.5) is 5.82 Å². The summed E-state index contributed by atoms with van der Waals surface area (Å²) in [5.41, 5.74) is 0.773. The molecule has 1 aromatic carbocycles. The van der Waals surface area contributed by atoms with Gasteiger partial charge in [-0.15, -0.1) is 0 Å². The summed E-state index contributed by atoms with van der Waals surface area (Å²) in [7, 11) is 3.36. The second-order valence-electron chi connectivity index (χ2n) is 3.87. The average molecular weight is 260 g/mol. The highest BCUT2D eigenvalue weighted by molar-refractivity contribution is 5.47. The third kappa shape index (κ3) is 3.14. The largest absolute Gasteiger partial charge is 0.493 e. The van der Waals surface area contributed by atoms with Crippen molar-refractivity contribution in [1.29, 1.82) is 0 Å². The summed E-state index contributed by atoms with van der Waals surface area (Å²) in [5, 5.41) is 12.0. The molecule has 1 heterocycles. The number of hydrogen-bond acceptors (Lipinski definition) is 5. The standard InChI is InChI=1S/C14H16N2O3/c1-15-14-8-11(5-6-16-14)19-12-4-3-10(9-17)7-13(12)18-2/h3-8,17H,9H2,1-2H3,(H,15,16). The topological polar surface area (TPSA) is 63.6 Å². The van der Waals surface area contributed by atoms with Crippen LogP contribution in [-0.2, 0) is 6.61 Å². The number of hydrogen-bond donors (Lipinski definition) is 2. The third-order valence-corrected chi connectivity index (χ3v) is 2.63. The molecule has 0 aliphatic heterocycles. The minimum absolute atomic E-state index is 0.0319. The number of nitrogens with one attached hydrogen (secondary N) is 1. The quantitative estimate of drug-likeness (QED) is 0.864. The van der Waals surface area contributed by atoms with Crippen LogP contribution in [0.25, 0.3) is 0 Å². The van der Waals surface area contributed by atoms with E-state index in [2.05, 4.69) is 10.3 Å². The van der Waals surface area contributed by atoms with E-state index in [1.165, 1.54) is 0 Å². The molecule has 0 saturated carbocycles. The van der Waals surface area contributed by atoms with E-state index in [1.807, 2.05) is 0 Å². The summed E-state index contributed by atoms with van der Waals surface area (Å²) in [6.45, 7) is -0.0319. The van der Waals surface area contributed by atoms with Gasteiger partial charge < -0.3 is 19.9 Å². The zero-order valence-electron chi connectivity index (χ0n) is 10.9. The summed E-state index contributed by atoms with van der Waals surface area (Å²) in [6.07, 6.45) is 1.66. The molecule has 0 amide bonds. The number of aliphatic hydroxyl groups is 1. The lowest BCUT2D eigenvalue weighted by atomic mass is 10.2. The van der Waals surface area contributed by atoms with E-state index in [1.54, 1.807) is 50.7 Å². The summed E-state index contributed by atoms with van der Waals surface area (Å²) < 4.78 is 11.0. The van der Waals surface area contributed by atoms with Crippen molar-refractivity contribution < 1.29 is 14.6 Å². The van der Waals surface area contributed by atoms with E-state index in [-0.39, 0.29) is 6.61 Å². The molecule has 2 N–H and O–H groups in total. The number of rotatable bonds is 5. The zero-order valence-corrected chi connectivity index (χ0v) is 10.9. The monoisotopic (exact) mass is 260 g/mol. The molecule has 0 bridgehead atoms. The van der Waals surface area contributed by atoms with Crippen molar-refractivity contribution in [3.8, 4) is 17.2 Å². The zero-order chi connectivity index (χ0) is 13.7. The molecule has 0 saturated heterocycles. The lowest BCUT2D eigenvalue weighted by Crippen LogP contribution is -1.95. The third-order valence-electron chi connectivity index (χ3n) is 2.63. The number of pyridine rings is 1. The Bertz CT molecular complexity index is 558. The van der Waals surface area contributed by atoms with E-state index in [0.717, 1.165) is 11.4 Å². The summed E-state index contributed by atoms with van der Waals surface area (Å²) in [6, 6.07) is 8.86. The number of ether oxygens (including phenoxy) is 2. The van der Waals surface area contributed by atoms with Crippen LogP contribution in [0.2, 0.25) is 0 Å². The maximum atomic E-state index is 9.09. The average Bonchev–Trinajstić information content (AvgIpc) is 2.48. The van der Waals surface area contributed by atoms with Gasteiger partial charge in [-0.05, 0) is 23.8 Å². The van der Waals surface area contributed by atoms with Crippen LogP contribution in [0.1, 0.15) is 5.56 Å². The molecule has 100 valence electrons. The highest BCUT2D eigenvalue weighted by Crippen LogP contribution is 2.32. The second-order valence-corrected chi connectivity index (χ2v) is 3.87. The van der Waals surface area contributed by atoms with Gasteiger partial charge in [0.15, 0.2) is 11.5 Å². The van der Waals surface area contributed by atoms with Crippen molar-refractivity contribution in [1.82, 2.24) is 4.98 Å². The first-order valence-corrected chi connectivity index (χ1v) is 5.86. The smallest absolute Gasteiger partial charge is 0.169 e. The molecule has 0 aliphatic rings. The molecule has 0 unspecified atom stereocenters. The van der Waals surface area contributed by atoms with E-state index in [9.17, 15) is 0 Å². The number of anilines is 1. The minimum Gasteiger partial charge on any atom is -0.493 e. The van der Waals surface area contributed by atoms with Crippen LogP contribution in [-0.4, -0.2) is 24.2 Å². The number of aromatic nitrogens is 1. The van der Waals surface area contributed by atoms with Crippen molar-refractivity contribution in [2.24, 2.45) is 0 Å². The Kier molecular flexibility index (Phi) is 4.20. The molecule has 5 heteroatoms. The fourth-order valence-electron chi connectivity index (χ4n) is 1.63. The predicted molar refractivity (Wildman–Crippen MR) is 72.8 cm³/mol. The molecule has 0 atom stereocenters. The van der Waals surface area contributed by atoms with Crippen molar-refractivity contribution in [2.75, 3.05) is 19.5 Å². The van der Waals surface area contributed by atoms with E-state index in [4.69, 9.17) is 14.6 Å². The maximum Gasteiger partial charge on any atom is 0.169 e. The van der Waals surface area contributed by atoms with Gasteiger partial charge in [-0.2, -0.15) is 0 Å². The van der Waals surface area contributed by atoms with Gasteiger partial charge in [-0.25, -0.2) is 4.98 Å². The molecule has 2 rings (SSSR count). The number of benzene rings is 1. The maximum absolute atomic E-state index is 9.09. The van der Waals surface area contributed by atoms with Gasteiger partial charge in [0.05, 0.1) is 13.7 Å². The van der Waals surface area contributed by atoms with Crippen LogP contribution in [0.15, 0.2) is 36.5 Å². The molecule has 5 nitrogen and oxygen atoms in total. The Balaban J connectivity index is 2.26. The summed E-state index contributed by atoms with van der Waals surface area (Å²) in [4.78, 5) is 4.11. The predicted octanol–water partition coefficient (Wildman–Crippen LogP) is 2.42. The molecule has 1 aromatic heterocycles. The minimum atomic E-state index is -0.0319. The Hall–Kier alpha value is -2.27. The normalized spacial score (nSPS) is 10.1. The van der Waals surface area contributed by atoms with Crippen LogP contribution >= 0.6 is 0 Å². The first-order valence-electron chi connectivity index (χ1n) is 5.86. The van der Waals surface area contributed by atoms with E-state index in [0.29, 0.717) is 17.2 Å². The van der Waals surface area contributed by atoms with Crippen molar-refractivity contribution in [2.45, 2.75) is 6.61 Å². The Morgan fingerprint density at radius 3 is 2.74 bits per heavy atom. The second kappa shape index (κ2) is 6.06. The first-order chi connectivity index (χ1) is 9.26. The highest BCUT2D eigenvalue weighted by atomic mass is 16.5. The number of methoxy groups -OCH3 is 1. The van der Waals surface area contributed by atoms with Crippen LogP contribution < -0.4 is 14.8 Å². The Labute approximate surface area is 111 Å². The molecular formula is C14H16N2O3. The van der Waals surface area contributed by atoms with Gasteiger partial charge in [-0.3, -0.25) is 0 Å². The number of aliphatic hydroxyl groups excluding tert-OH is 1. The molecule has 2 aromatic rings. The van der Waals surface area contributed by atoms with Crippen LogP contribution in [0.3, 0.4) is 0 Å². The molecule has 0 radical (unpaired) electrons. The van der Waals surface area contributed by atoms with E-state index < -0.39 is 0 Å². The lowest BCUT2D eigenvalue weighted by molar-refractivity contribution is 0.280. The Morgan fingerprint density at radius 2 is 2.05 bits per heavy atom. The van der Waals surface area contributed by atoms with Gasteiger partial charge in [0.1, 0.15) is 11.6 Å². The van der Waals surface area contributed by atoms with Gasteiger partial charge >= 0.3 is 0 Å². The fourth-order valence-corrected chi connectivity index (χ4v) is 1.63. The van der Waals surface area contributed by atoms with Gasteiger partial charge in [0.2, 0.25) is 0 Å². The van der Waals surface area contributed by atoms with Gasteiger partial charge in [0.25, 0.3) is 0 Å². The number of nitrogens with zero attached hydrogens (tertiary/aromatic N) is 1.